The zero-order valence-corrected chi connectivity index (χ0v) is 52.2. The van der Waals surface area contributed by atoms with Gasteiger partial charge in [0.2, 0.25) is 0 Å². The van der Waals surface area contributed by atoms with E-state index in [0.29, 0.717) is 0 Å². The maximum Gasteiger partial charge on any atom is 0.0462 e. The molecule has 12 aromatic carbocycles. The summed E-state index contributed by atoms with van der Waals surface area (Å²) >= 11 is 0. The van der Waals surface area contributed by atoms with Crippen LogP contribution in [0.1, 0.15) is 113 Å². The van der Waals surface area contributed by atoms with Crippen LogP contribution in [0.4, 0.5) is 34.1 Å². The molecule has 0 bridgehead atoms. The van der Waals surface area contributed by atoms with Crippen LogP contribution in [0.15, 0.2) is 267 Å². The standard InChI is InChI=1S/C86H84N2/c1-5-7-9-11-13-17-31-71-61-83(69-45-57-77(58-46-69)87(73-49-37-63(3)38-50-73)75-53-41-67(42-54-75)65-27-19-15-20-28-65)79-33-23-25-35-81(79)85(71)86-72(32-18-14-12-10-8-6-2)62-84(80-34-24-26-36-82(80)86)70-47-59-78(60-48-70)88(74-51-39-64(4)40-52-74)76-55-43-68(44-56-76)66-29-21-16-22-30-66/h15-16,19-30,33-62H,5-14,17-18,31-32H2,1-4H3. The molecule has 88 heavy (non-hydrogen) atoms. The van der Waals surface area contributed by atoms with Crippen LogP contribution >= 0.6 is 0 Å². The molecule has 0 radical (unpaired) electrons. The molecule has 0 saturated heterocycles. The Morgan fingerprint density at radius 3 is 0.830 bits per heavy atom. The van der Waals surface area contributed by atoms with E-state index < -0.39 is 0 Å². The molecular formula is C86H84N2. The van der Waals surface area contributed by atoms with Crippen LogP contribution in [-0.4, -0.2) is 0 Å². The molecule has 0 heterocycles. The minimum absolute atomic E-state index is 1.03. The van der Waals surface area contributed by atoms with Gasteiger partial charge in [-0.2, -0.15) is 0 Å². The van der Waals surface area contributed by atoms with Crippen molar-refractivity contribution in [1.29, 1.82) is 0 Å². The van der Waals surface area contributed by atoms with E-state index in [1.165, 1.54) is 164 Å². The maximum absolute atomic E-state index is 2.60. The summed E-state index contributed by atoms with van der Waals surface area (Å²) in [6, 6.07) is 99.9. The second-order valence-corrected chi connectivity index (χ2v) is 24.3. The van der Waals surface area contributed by atoms with Gasteiger partial charge in [0.25, 0.3) is 0 Å². The molecule has 438 valence electrons. The van der Waals surface area contributed by atoms with Crippen LogP contribution in [0.3, 0.4) is 0 Å². The van der Waals surface area contributed by atoms with Gasteiger partial charge >= 0.3 is 0 Å². The van der Waals surface area contributed by atoms with E-state index >= 15 is 0 Å². The third kappa shape index (κ3) is 13.5. The van der Waals surface area contributed by atoms with Crippen LogP contribution in [-0.2, 0) is 12.8 Å². The topological polar surface area (TPSA) is 6.48 Å². The number of benzene rings is 12. The lowest BCUT2D eigenvalue weighted by Crippen LogP contribution is -2.09. The van der Waals surface area contributed by atoms with E-state index in [0.717, 1.165) is 59.8 Å². The summed E-state index contributed by atoms with van der Waals surface area (Å²) in [6.45, 7) is 8.96. The highest BCUT2D eigenvalue weighted by Crippen LogP contribution is 2.48. The van der Waals surface area contributed by atoms with Gasteiger partial charge < -0.3 is 9.80 Å². The fourth-order valence-electron chi connectivity index (χ4n) is 13.2. The minimum Gasteiger partial charge on any atom is -0.311 e. The van der Waals surface area contributed by atoms with Crippen LogP contribution < -0.4 is 9.80 Å². The molecule has 0 aliphatic carbocycles. The lowest BCUT2D eigenvalue weighted by atomic mass is 9.80. The van der Waals surface area contributed by atoms with Crippen molar-refractivity contribution in [3.63, 3.8) is 0 Å². The van der Waals surface area contributed by atoms with Gasteiger partial charge in [-0.3, -0.25) is 0 Å². The summed E-state index contributed by atoms with van der Waals surface area (Å²) in [5, 5.41) is 5.27. The number of nitrogens with zero attached hydrogens (tertiary/aromatic N) is 2. The second kappa shape index (κ2) is 28.5. The molecule has 0 fully saturated rings. The molecule has 0 aliphatic heterocycles. The number of hydrogen-bond donors (Lipinski definition) is 0. The average molecular weight is 1150 g/mol. The summed E-state index contributed by atoms with van der Waals surface area (Å²) in [5.74, 6) is 0. The van der Waals surface area contributed by atoms with Gasteiger partial charge in [0.05, 0.1) is 0 Å². The Labute approximate surface area is 524 Å². The monoisotopic (exact) mass is 1140 g/mol. The molecule has 0 aliphatic rings. The first kappa shape index (κ1) is 59.1. The van der Waals surface area contributed by atoms with Gasteiger partial charge in [0.1, 0.15) is 0 Å². The van der Waals surface area contributed by atoms with Crippen molar-refractivity contribution in [3.8, 4) is 55.6 Å². The van der Waals surface area contributed by atoms with Gasteiger partial charge in [0, 0.05) is 34.1 Å². The summed E-state index contributed by atoms with van der Waals surface area (Å²) in [5.41, 5.74) is 25.0. The summed E-state index contributed by atoms with van der Waals surface area (Å²) < 4.78 is 0. The molecule has 0 spiro atoms. The van der Waals surface area contributed by atoms with Gasteiger partial charge in [0.15, 0.2) is 0 Å². The van der Waals surface area contributed by atoms with Crippen molar-refractivity contribution >= 4 is 55.7 Å². The highest BCUT2D eigenvalue weighted by atomic mass is 15.1. The molecule has 0 atom stereocenters. The lowest BCUT2D eigenvalue weighted by molar-refractivity contribution is 0.607. The van der Waals surface area contributed by atoms with Gasteiger partial charge in [-0.05, 0) is 213 Å². The number of fused-ring (bicyclic) bond motifs is 2. The molecular weight excluding hydrogens is 1060 g/mol. The molecule has 2 heteroatoms. The Balaban J connectivity index is 0.965. The molecule has 12 aromatic rings. The normalized spacial score (nSPS) is 11.4. The van der Waals surface area contributed by atoms with Crippen molar-refractivity contribution in [2.45, 2.75) is 118 Å². The Hall–Kier alpha value is -9.24. The SMILES string of the molecule is CCCCCCCCc1cc(-c2ccc(N(c3ccc(C)cc3)c3ccc(-c4ccccc4)cc3)cc2)c2ccccc2c1-c1c(CCCCCCCC)cc(-c2ccc(N(c3ccc(C)cc3)c3ccc(-c4ccccc4)cc3)cc2)c2ccccc12. The number of aryl methyl sites for hydroxylation is 4. The highest BCUT2D eigenvalue weighted by Gasteiger charge is 2.23. The third-order valence-electron chi connectivity index (χ3n) is 18.0. The van der Waals surface area contributed by atoms with E-state index in [2.05, 4.69) is 304 Å². The number of hydrogen-bond acceptors (Lipinski definition) is 2. The summed E-state index contributed by atoms with van der Waals surface area (Å²) in [4.78, 5) is 4.79. The van der Waals surface area contributed by atoms with Crippen LogP contribution in [0.25, 0.3) is 77.2 Å². The highest BCUT2D eigenvalue weighted by molar-refractivity contribution is 6.14. The van der Waals surface area contributed by atoms with E-state index in [1.807, 2.05) is 0 Å². The average Bonchev–Trinajstić information content (AvgIpc) is 2.93. The smallest absolute Gasteiger partial charge is 0.0462 e. The Kier molecular flexibility index (Phi) is 19.2. The van der Waals surface area contributed by atoms with Crippen LogP contribution in [0.5, 0.6) is 0 Å². The molecule has 0 unspecified atom stereocenters. The van der Waals surface area contributed by atoms with E-state index in [9.17, 15) is 0 Å². The first-order valence-electron chi connectivity index (χ1n) is 32.8. The Morgan fingerprint density at radius 1 is 0.239 bits per heavy atom. The third-order valence-corrected chi connectivity index (χ3v) is 18.0. The quantitative estimate of drug-likeness (QED) is 0.0526. The summed E-state index contributed by atoms with van der Waals surface area (Å²) in [7, 11) is 0. The van der Waals surface area contributed by atoms with E-state index in [4.69, 9.17) is 0 Å². The molecule has 0 saturated carbocycles. The van der Waals surface area contributed by atoms with Crippen molar-refractivity contribution < 1.29 is 0 Å². The molecule has 0 amide bonds. The number of rotatable bonds is 25. The van der Waals surface area contributed by atoms with Crippen molar-refractivity contribution in [1.82, 2.24) is 0 Å². The maximum atomic E-state index is 2.60. The minimum atomic E-state index is 1.03. The zero-order valence-electron chi connectivity index (χ0n) is 52.2. The largest absolute Gasteiger partial charge is 0.311 e. The van der Waals surface area contributed by atoms with Crippen LogP contribution in [0.2, 0.25) is 0 Å². The van der Waals surface area contributed by atoms with Gasteiger partial charge in [-0.15, -0.1) is 0 Å². The van der Waals surface area contributed by atoms with Crippen molar-refractivity contribution in [2.24, 2.45) is 0 Å². The molecule has 12 rings (SSSR count). The predicted octanol–water partition coefficient (Wildman–Crippen LogP) is 25.7. The number of unbranched alkanes of at least 4 members (excludes halogenated alkanes) is 10. The van der Waals surface area contributed by atoms with E-state index in [1.54, 1.807) is 0 Å². The van der Waals surface area contributed by atoms with Crippen molar-refractivity contribution in [2.75, 3.05) is 9.80 Å². The Bertz CT molecular complexity index is 3910. The zero-order chi connectivity index (χ0) is 60.0. The van der Waals surface area contributed by atoms with Crippen LogP contribution in [0, 0.1) is 13.8 Å². The van der Waals surface area contributed by atoms with Gasteiger partial charge in [-0.1, -0.05) is 271 Å². The molecule has 0 aromatic heterocycles. The van der Waals surface area contributed by atoms with E-state index in [-0.39, 0.29) is 0 Å². The first-order chi connectivity index (χ1) is 43.4. The lowest BCUT2D eigenvalue weighted by Gasteiger charge is -2.26. The summed E-state index contributed by atoms with van der Waals surface area (Å²) in [6.07, 6.45) is 17.1. The fourth-order valence-corrected chi connectivity index (χ4v) is 13.2. The number of anilines is 6. The first-order valence-corrected chi connectivity index (χ1v) is 32.8. The fraction of sp³-hybridized carbons (Fsp3) is 0.209. The second-order valence-electron chi connectivity index (χ2n) is 24.3. The van der Waals surface area contributed by atoms with Gasteiger partial charge in [-0.25, -0.2) is 0 Å². The molecule has 2 nitrogen and oxygen atoms in total. The molecule has 0 N–H and O–H groups in total. The Morgan fingerprint density at radius 2 is 0.500 bits per heavy atom. The van der Waals surface area contributed by atoms with Crippen molar-refractivity contribution in [3.05, 3.63) is 289 Å². The predicted molar refractivity (Wildman–Crippen MR) is 382 cm³/mol.